The third-order valence-electron chi connectivity index (χ3n) is 3.90. The normalized spacial score (nSPS) is 11.0. The highest BCUT2D eigenvalue weighted by molar-refractivity contribution is 7.99. The van der Waals surface area contributed by atoms with E-state index in [1.807, 2.05) is 24.3 Å². The number of nitrogens with one attached hydrogen (secondary N) is 1. The van der Waals surface area contributed by atoms with Crippen LogP contribution in [0.3, 0.4) is 0 Å². The Morgan fingerprint density at radius 1 is 1.17 bits per heavy atom. The van der Waals surface area contributed by atoms with Crippen LogP contribution in [0.1, 0.15) is 22.3 Å². The Labute approximate surface area is 145 Å². The van der Waals surface area contributed by atoms with Crippen LogP contribution in [-0.2, 0) is 11.3 Å². The van der Waals surface area contributed by atoms with Crippen molar-refractivity contribution in [3.05, 3.63) is 58.7 Å². The minimum atomic E-state index is -0.0263. The van der Waals surface area contributed by atoms with Crippen molar-refractivity contribution in [1.29, 1.82) is 0 Å². The maximum absolute atomic E-state index is 12.1. The van der Waals surface area contributed by atoms with Crippen molar-refractivity contribution in [2.45, 2.75) is 32.5 Å². The number of nitrogens with zero attached hydrogens (tertiary/aromatic N) is 1. The molecule has 0 bridgehead atoms. The average molecular weight is 340 g/mol. The molecule has 3 rings (SSSR count). The lowest BCUT2D eigenvalue weighted by Gasteiger charge is -2.12. The average Bonchev–Trinajstić information content (AvgIpc) is 2.94. The van der Waals surface area contributed by atoms with Crippen molar-refractivity contribution in [3.63, 3.8) is 0 Å². The number of oxazole rings is 1. The van der Waals surface area contributed by atoms with Crippen LogP contribution >= 0.6 is 11.8 Å². The van der Waals surface area contributed by atoms with Gasteiger partial charge in [-0.25, -0.2) is 4.98 Å². The van der Waals surface area contributed by atoms with Crippen molar-refractivity contribution < 1.29 is 9.21 Å². The summed E-state index contributed by atoms with van der Waals surface area (Å²) in [5.74, 6) is 0.262. The molecule has 24 heavy (non-hydrogen) atoms. The summed E-state index contributed by atoms with van der Waals surface area (Å²) in [6, 6.07) is 11.9. The highest BCUT2D eigenvalue weighted by Crippen LogP contribution is 2.23. The molecule has 0 fully saturated rings. The molecule has 4 nitrogen and oxygen atoms in total. The van der Waals surface area contributed by atoms with Crippen LogP contribution in [0.2, 0.25) is 0 Å². The minimum Gasteiger partial charge on any atom is -0.431 e. The molecule has 1 amide bonds. The number of aromatic nitrogens is 1. The van der Waals surface area contributed by atoms with E-state index in [9.17, 15) is 4.79 Å². The zero-order valence-corrected chi connectivity index (χ0v) is 14.9. The number of amides is 1. The smallest absolute Gasteiger partial charge is 0.257 e. The third-order valence-corrected chi connectivity index (χ3v) is 4.73. The summed E-state index contributed by atoms with van der Waals surface area (Å²) in [7, 11) is 0. The first-order valence-electron chi connectivity index (χ1n) is 7.85. The maximum Gasteiger partial charge on any atom is 0.257 e. The Morgan fingerprint density at radius 2 is 1.88 bits per heavy atom. The molecule has 0 radical (unpaired) electrons. The largest absolute Gasteiger partial charge is 0.431 e. The lowest BCUT2D eigenvalue weighted by Crippen LogP contribution is -2.25. The molecule has 0 aliphatic carbocycles. The number of benzene rings is 2. The van der Waals surface area contributed by atoms with Gasteiger partial charge in [0.1, 0.15) is 5.52 Å². The van der Waals surface area contributed by atoms with E-state index >= 15 is 0 Å². The summed E-state index contributed by atoms with van der Waals surface area (Å²) in [5, 5.41) is 3.50. The molecule has 0 aliphatic heterocycles. The number of carbonyl (C=O) groups is 1. The summed E-state index contributed by atoms with van der Waals surface area (Å²) in [6.07, 6.45) is 0. The first-order valence-corrected chi connectivity index (χ1v) is 8.83. The quantitative estimate of drug-likeness (QED) is 0.709. The van der Waals surface area contributed by atoms with Gasteiger partial charge in [-0.05, 0) is 49.6 Å². The minimum absolute atomic E-state index is 0.0263. The van der Waals surface area contributed by atoms with Crippen LogP contribution in [0.5, 0.6) is 0 Å². The lowest BCUT2D eigenvalue weighted by atomic mass is 10.00. The second-order valence-corrected chi connectivity index (χ2v) is 6.82. The molecule has 0 unspecified atom stereocenters. The SMILES string of the molecule is Cc1cc(C)c(CNC(=O)CSc2nc3ccccc3o2)c(C)c1. The van der Waals surface area contributed by atoms with Crippen LogP contribution in [0.4, 0.5) is 0 Å². The fourth-order valence-electron chi connectivity index (χ4n) is 2.77. The molecule has 0 saturated carbocycles. The van der Waals surface area contributed by atoms with Crippen LogP contribution in [0, 0.1) is 20.8 Å². The van der Waals surface area contributed by atoms with E-state index in [1.54, 1.807) is 0 Å². The predicted octanol–water partition coefficient (Wildman–Crippen LogP) is 4.16. The zero-order chi connectivity index (χ0) is 17.1. The van der Waals surface area contributed by atoms with Gasteiger partial charge >= 0.3 is 0 Å². The molecule has 0 spiro atoms. The van der Waals surface area contributed by atoms with Crippen LogP contribution < -0.4 is 5.32 Å². The molecule has 1 aromatic heterocycles. The molecule has 1 N–H and O–H groups in total. The van der Waals surface area contributed by atoms with E-state index in [-0.39, 0.29) is 11.7 Å². The van der Waals surface area contributed by atoms with E-state index in [0.717, 1.165) is 11.1 Å². The number of thioether (sulfide) groups is 1. The number of hydrogen-bond donors (Lipinski definition) is 1. The molecule has 0 saturated heterocycles. The first kappa shape index (κ1) is 16.6. The van der Waals surface area contributed by atoms with Gasteiger partial charge < -0.3 is 9.73 Å². The Hall–Kier alpha value is -2.27. The van der Waals surface area contributed by atoms with Gasteiger partial charge in [0, 0.05) is 6.54 Å². The van der Waals surface area contributed by atoms with E-state index < -0.39 is 0 Å². The fraction of sp³-hybridized carbons (Fsp3) is 0.263. The van der Waals surface area contributed by atoms with E-state index in [1.165, 1.54) is 34.0 Å². The Morgan fingerprint density at radius 3 is 2.58 bits per heavy atom. The standard InChI is InChI=1S/C19H20N2O2S/c1-12-8-13(2)15(14(3)9-12)10-20-18(22)11-24-19-21-16-6-4-5-7-17(16)23-19/h4-9H,10-11H2,1-3H3,(H,20,22). The van der Waals surface area contributed by atoms with Crippen LogP contribution in [-0.4, -0.2) is 16.6 Å². The third kappa shape index (κ3) is 3.79. The second kappa shape index (κ2) is 7.09. The van der Waals surface area contributed by atoms with Gasteiger partial charge in [-0.3, -0.25) is 4.79 Å². The van der Waals surface area contributed by atoms with Crippen molar-refractivity contribution in [2.75, 3.05) is 5.75 Å². The van der Waals surface area contributed by atoms with E-state index in [4.69, 9.17) is 4.42 Å². The van der Waals surface area contributed by atoms with Crippen molar-refractivity contribution >= 4 is 28.8 Å². The van der Waals surface area contributed by atoms with Gasteiger partial charge in [-0.15, -0.1) is 0 Å². The number of carbonyl (C=O) groups excluding carboxylic acids is 1. The second-order valence-electron chi connectivity index (χ2n) is 5.89. The molecule has 3 aromatic rings. The molecule has 0 aliphatic rings. The zero-order valence-electron chi connectivity index (χ0n) is 14.1. The molecule has 124 valence electrons. The molecule has 1 heterocycles. The van der Waals surface area contributed by atoms with Gasteiger partial charge in [-0.1, -0.05) is 41.6 Å². The molecule has 0 atom stereocenters. The maximum atomic E-state index is 12.1. The van der Waals surface area contributed by atoms with Gasteiger partial charge in [-0.2, -0.15) is 0 Å². The van der Waals surface area contributed by atoms with Crippen LogP contribution in [0.15, 0.2) is 46.0 Å². The van der Waals surface area contributed by atoms with E-state index in [2.05, 4.69) is 43.2 Å². The van der Waals surface area contributed by atoms with Gasteiger partial charge in [0.15, 0.2) is 5.58 Å². The fourth-order valence-corrected chi connectivity index (χ4v) is 3.44. The van der Waals surface area contributed by atoms with Crippen molar-refractivity contribution in [3.8, 4) is 0 Å². The molecule has 5 heteroatoms. The summed E-state index contributed by atoms with van der Waals surface area (Å²) in [5.41, 5.74) is 6.39. The number of para-hydroxylation sites is 2. The number of aryl methyl sites for hydroxylation is 3. The number of fused-ring (bicyclic) bond motifs is 1. The molecular formula is C19H20N2O2S. The summed E-state index contributed by atoms with van der Waals surface area (Å²) in [6.45, 7) is 6.79. The van der Waals surface area contributed by atoms with Crippen molar-refractivity contribution in [1.82, 2.24) is 10.3 Å². The van der Waals surface area contributed by atoms with Gasteiger partial charge in [0.2, 0.25) is 5.91 Å². The first-order chi connectivity index (χ1) is 11.5. The van der Waals surface area contributed by atoms with Gasteiger partial charge in [0.25, 0.3) is 5.22 Å². The Bertz CT molecular complexity index is 830. The van der Waals surface area contributed by atoms with Crippen LogP contribution in [0.25, 0.3) is 11.1 Å². The van der Waals surface area contributed by atoms with E-state index in [0.29, 0.717) is 11.8 Å². The number of rotatable bonds is 5. The summed E-state index contributed by atoms with van der Waals surface area (Å²) < 4.78 is 5.60. The Kier molecular flexibility index (Phi) is 4.90. The molecule has 2 aromatic carbocycles. The summed E-state index contributed by atoms with van der Waals surface area (Å²) >= 11 is 1.31. The topological polar surface area (TPSA) is 55.1 Å². The van der Waals surface area contributed by atoms with Gasteiger partial charge in [0.05, 0.1) is 5.75 Å². The Balaban J connectivity index is 1.56. The monoisotopic (exact) mass is 340 g/mol. The highest BCUT2D eigenvalue weighted by atomic mass is 32.2. The number of hydrogen-bond acceptors (Lipinski definition) is 4. The predicted molar refractivity (Wildman–Crippen MR) is 97.2 cm³/mol. The lowest BCUT2D eigenvalue weighted by molar-refractivity contribution is -0.118. The molecular weight excluding hydrogens is 320 g/mol. The summed E-state index contributed by atoms with van der Waals surface area (Å²) in [4.78, 5) is 16.5. The highest BCUT2D eigenvalue weighted by Gasteiger charge is 2.10. The van der Waals surface area contributed by atoms with Crippen molar-refractivity contribution in [2.24, 2.45) is 0 Å².